The van der Waals surface area contributed by atoms with Crippen molar-refractivity contribution < 1.29 is 18.7 Å². The molecule has 37 heavy (non-hydrogen) atoms. The minimum absolute atomic E-state index is 0. The average molecular weight is 551 g/mol. The lowest BCUT2D eigenvalue weighted by Gasteiger charge is -2.36. The first-order valence-corrected chi connectivity index (χ1v) is 13.6. The molecule has 2 atom stereocenters. The van der Waals surface area contributed by atoms with Crippen LogP contribution in [0.15, 0.2) is 42.5 Å². The molecule has 0 bridgehead atoms. The van der Waals surface area contributed by atoms with E-state index in [1.54, 1.807) is 11.0 Å². The molecule has 2 heterocycles. The fourth-order valence-corrected chi connectivity index (χ4v) is 5.80. The third kappa shape index (κ3) is 7.60. The Balaban J connectivity index is 0.00000380. The molecule has 2 fully saturated rings. The van der Waals surface area contributed by atoms with Gasteiger partial charge in [-0.05, 0) is 43.7 Å². The first-order valence-electron chi connectivity index (χ1n) is 12.4. The fraction of sp³-hybridized carbons (Fsp3) is 0.481. The number of urea groups is 1. The second-order valence-electron chi connectivity index (χ2n) is 9.60. The summed E-state index contributed by atoms with van der Waals surface area (Å²) in [7, 11) is 1.26. The molecule has 4 rings (SSSR count). The van der Waals surface area contributed by atoms with E-state index in [2.05, 4.69) is 36.2 Å². The zero-order valence-electron chi connectivity index (χ0n) is 21.6. The molecule has 0 aromatic heterocycles. The Morgan fingerprint density at radius 3 is 2.32 bits per heavy atom. The van der Waals surface area contributed by atoms with Crippen molar-refractivity contribution in [2.75, 3.05) is 49.7 Å². The van der Waals surface area contributed by atoms with Gasteiger partial charge < -0.3 is 15.0 Å². The Hall–Kier alpha value is -2.33. The van der Waals surface area contributed by atoms with Crippen molar-refractivity contribution >= 4 is 41.9 Å². The van der Waals surface area contributed by atoms with Crippen molar-refractivity contribution in [3.05, 3.63) is 65.0 Å². The minimum atomic E-state index is -0.594. The van der Waals surface area contributed by atoms with Crippen molar-refractivity contribution in [1.29, 1.82) is 0 Å². The number of hydrogen-bond donors (Lipinski definition) is 1. The van der Waals surface area contributed by atoms with Gasteiger partial charge >= 0.3 is 12.0 Å². The van der Waals surface area contributed by atoms with Gasteiger partial charge in [0, 0.05) is 67.6 Å². The molecule has 2 aliphatic heterocycles. The van der Waals surface area contributed by atoms with Gasteiger partial charge in [-0.2, -0.15) is 11.8 Å². The van der Waals surface area contributed by atoms with Gasteiger partial charge in [-0.15, -0.1) is 12.4 Å². The smallest absolute Gasteiger partial charge is 0.337 e. The molecule has 2 aliphatic rings. The fourth-order valence-electron chi connectivity index (χ4n) is 4.89. The van der Waals surface area contributed by atoms with E-state index < -0.39 is 11.8 Å². The van der Waals surface area contributed by atoms with Crippen molar-refractivity contribution in [1.82, 2.24) is 15.1 Å². The second-order valence-corrected chi connectivity index (χ2v) is 10.8. The van der Waals surface area contributed by atoms with E-state index in [1.807, 2.05) is 28.8 Å². The van der Waals surface area contributed by atoms with Crippen LogP contribution in [0.3, 0.4) is 0 Å². The molecular formula is C27H36ClFN4O3S. The van der Waals surface area contributed by atoms with E-state index in [0.29, 0.717) is 30.7 Å². The van der Waals surface area contributed by atoms with Gasteiger partial charge in [-0.1, -0.05) is 18.2 Å². The molecule has 2 aromatic rings. The van der Waals surface area contributed by atoms with Crippen LogP contribution in [0, 0.1) is 5.82 Å². The highest BCUT2D eigenvalue weighted by Crippen LogP contribution is 2.24. The van der Waals surface area contributed by atoms with Gasteiger partial charge in [-0.25, -0.2) is 14.0 Å². The zero-order valence-corrected chi connectivity index (χ0v) is 23.2. The summed E-state index contributed by atoms with van der Waals surface area (Å²) in [6.07, 6.45) is 0. The van der Waals surface area contributed by atoms with Gasteiger partial charge in [0.15, 0.2) is 0 Å². The monoisotopic (exact) mass is 550 g/mol. The predicted octanol–water partition coefficient (Wildman–Crippen LogP) is 4.39. The molecule has 0 unspecified atom stereocenters. The molecule has 2 amide bonds. The Morgan fingerprint density at radius 2 is 1.73 bits per heavy atom. The van der Waals surface area contributed by atoms with Crippen LogP contribution in [0.2, 0.25) is 0 Å². The molecule has 1 N–H and O–H groups in total. The van der Waals surface area contributed by atoms with Crippen LogP contribution in [-0.2, 0) is 17.8 Å². The molecule has 0 saturated carbocycles. The van der Waals surface area contributed by atoms with E-state index in [-0.39, 0.29) is 30.5 Å². The largest absolute Gasteiger partial charge is 0.465 e. The van der Waals surface area contributed by atoms with Crippen LogP contribution in [-0.4, -0.2) is 78.7 Å². The Kier molecular flexibility index (Phi) is 10.6. The van der Waals surface area contributed by atoms with Crippen LogP contribution in [0.4, 0.5) is 14.9 Å². The molecule has 2 saturated heterocycles. The number of ether oxygens (including phenoxy) is 1. The first kappa shape index (κ1) is 29.2. The minimum Gasteiger partial charge on any atom is -0.465 e. The first-order chi connectivity index (χ1) is 17.3. The standard InChI is InChI=1S/C27H35FN4O3S.ClH/c1-19-15-30(16-20(2)29-19)17-21-4-8-24(9-5-21)32(27(34)31-10-12-36-13-11-31)18-23-7-6-22(14-25(23)28)26(33)35-3;/h4-9,14,19-20,29H,10-13,15-18H2,1-3H3;1H/t19-,20+;. The number of rotatable bonds is 6. The van der Waals surface area contributed by atoms with E-state index in [1.165, 1.54) is 24.8 Å². The van der Waals surface area contributed by atoms with Crippen molar-refractivity contribution in [2.45, 2.75) is 39.0 Å². The predicted molar refractivity (Wildman–Crippen MR) is 149 cm³/mol. The molecule has 0 radical (unpaired) electrons. The molecule has 0 spiro atoms. The number of methoxy groups -OCH3 is 1. The third-order valence-corrected chi connectivity index (χ3v) is 7.54. The number of benzene rings is 2. The van der Waals surface area contributed by atoms with E-state index in [9.17, 15) is 14.0 Å². The third-order valence-electron chi connectivity index (χ3n) is 6.60. The number of halogens is 2. The quantitative estimate of drug-likeness (QED) is 0.538. The van der Waals surface area contributed by atoms with Gasteiger partial charge in [0.25, 0.3) is 0 Å². The number of hydrogen-bond acceptors (Lipinski definition) is 6. The molecule has 0 aliphatic carbocycles. The molecular weight excluding hydrogens is 515 g/mol. The van der Waals surface area contributed by atoms with E-state index in [0.717, 1.165) is 36.8 Å². The number of nitrogens with zero attached hydrogens (tertiary/aromatic N) is 3. The number of carbonyl (C=O) groups excluding carboxylic acids is 2. The SMILES string of the molecule is COC(=O)c1ccc(CN(C(=O)N2CCSCC2)c2ccc(CN3C[C@@H](C)N[C@@H](C)C3)cc2)c(F)c1.Cl. The summed E-state index contributed by atoms with van der Waals surface area (Å²) in [6.45, 7) is 8.63. The van der Waals surface area contributed by atoms with Gasteiger partial charge in [-0.3, -0.25) is 9.80 Å². The van der Waals surface area contributed by atoms with Crippen molar-refractivity contribution in [3.63, 3.8) is 0 Å². The Labute approximate surface area is 229 Å². The summed E-state index contributed by atoms with van der Waals surface area (Å²) in [5.74, 6) is 0.649. The van der Waals surface area contributed by atoms with Gasteiger partial charge in [0.05, 0.1) is 19.2 Å². The number of piperazine rings is 1. The van der Waals surface area contributed by atoms with Gasteiger partial charge in [0.1, 0.15) is 5.82 Å². The molecule has 202 valence electrons. The summed E-state index contributed by atoms with van der Waals surface area (Å²) in [5, 5.41) is 3.55. The van der Waals surface area contributed by atoms with Crippen LogP contribution in [0.1, 0.15) is 35.3 Å². The summed E-state index contributed by atoms with van der Waals surface area (Å²) in [4.78, 5) is 31.2. The normalized spacial score (nSPS) is 20.2. The maximum Gasteiger partial charge on any atom is 0.337 e. The Morgan fingerprint density at radius 1 is 1.08 bits per heavy atom. The summed E-state index contributed by atoms with van der Waals surface area (Å²) in [5.41, 5.74) is 2.39. The topological polar surface area (TPSA) is 65.1 Å². The van der Waals surface area contributed by atoms with Crippen molar-refractivity contribution in [3.8, 4) is 0 Å². The number of anilines is 1. The lowest BCUT2D eigenvalue weighted by molar-refractivity contribution is 0.0600. The van der Waals surface area contributed by atoms with Crippen LogP contribution in [0.5, 0.6) is 0 Å². The van der Waals surface area contributed by atoms with E-state index >= 15 is 0 Å². The zero-order chi connectivity index (χ0) is 25.7. The maximum atomic E-state index is 14.9. The second kappa shape index (κ2) is 13.5. The molecule has 7 nitrogen and oxygen atoms in total. The van der Waals surface area contributed by atoms with Gasteiger partial charge in [0.2, 0.25) is 0 Å². The average Bonchev–Trinajstić information content (AvgIpc) is 2.87. The van der Waals surface area contributed by atoms with E-state index in [4.69, 9.17) is 4.74 Å². The number of nitrogens with one attached hydrogen (secondary N) is 1. The number of amides is 2. The molecule has 10 heteroatoms. The van der Waals surface area contributed by atoms with Crippen LogP contribution in [0.25, 0.3) is 0 Å². The number of esters is 1. The van der Waals surface area contributed by atoms with Crippen molar-refractivity contribution in [2.24, 2.45) is 0 Å². The summed E-state index contributed by atoms with van der Waals surface area (Å²) >= 11 is 1.83. The lowest BCUT2D eigenvalue weighted by Crippen LogP contribution is -2.53. The molecule has 2 aromatic carbocycles. The number of thioether (sulfide) groups is 1. The summed E-state index contributed by atoms with van der Waals surface area (Å²) in [6, 6.07) is 13.0. The maximum absolute atomic E-state index is 14.9. The number of carbonyl (C=O) groups is 2. The summed E-state index contributed by atoms with van der Waals surface area (Å²) < 4.78 is 19.6. The van der Waals surface area contributed by atoms with Crippen LogP contribution >= 0.6 is 24.2 Å². The highest BCUT2D eigenvalue weighted by molar-refractivity contribution is 7.99. The van der Waals surface area contributed by atoms with Crippen LogP contribution < -0.4 is 10.2 Å². The highest BCUT2D eigenvalue weighted by atomic mass is 35.5. The Bertz CT molecular complexity index is 1060. The lowest BCUT2D eigenvalue weighted by atomic mass is 10.1. The highest BCUT2D eigenvalue weighted by Gasteiger charge is 2.26.